The highest BCUT2D eigenvalue weighted by Gasteiger charge is 2.16. The molecule has 0 bridgehead atoms. The summed E-state index contributed by atoms with van der Waals surface area (Å²) < 4.78 is 1.73. The fourth-order valence-electron chi connectivity index (χ4n) is 4.02. The van der Waals surface area contributed by atoms with Gasteiger partial charge < -0.3 is 10.6 Å². The molecule has 2 N–H and O–H groups in total. The summed E-state index contributed by atoms with van der Waals surface area (Å²) in [5.41, 5.74) is 4.08. The molecule has 33 heavy (non-hydrogen) atoms. The van der Waals surface area contributed by atoms with Gasteiger partial charge in [-0.1, -0.05) is 37.1 Å². The van der Waals surface area contributed by atoms with Gasteiger partial charge in [-0.05, 0) is 65.4 Å². The molecular weight excluding hydrogens is 414 g/mol. The van der Waals surface area contributed by atoms with Crippen molar-refractivity contribution in [3.8, 4) is 6.19 Å². The molecule has 168 valence electrons. The highest BCUT2D eigenvalue weighted by Crippen LogP contribution is 2.26. The van der Waals surface area contributed by atoms with E-state index in [0.29, 0.717) is 12.0 Å². The zero-order valence-corrected chi connectivity index (χ0v) is 18.4. The van der Waals surface area contributed by atoms with Crippen LogP contribution >= 0.6 is 0 Å². The van der Waals surface area contributed by atoms with Crippen molar-refractivity contribution in [3.05, 3.63) is 72.3 Å². The van der Waals surface area contributed by atoms with Crippen molar-refractivity contribution in [2.75, 3.05) is 5.32 Å². The van der Waals surface area contributed by atoms with E-state index >= 15 is 0 Å². The van der Waals surface area contributed by atoms with Gasteiger partial charge in [-0.3, -0.25) is 4.98 Å². The zero-order valence-electron chi connectivity index (χ0n) is 18.4. The van der Waals surface area contributed by atoms with Gasteiger partial charge in [0, 0.05) is 36.2 Å². The normalized spacial score (nSPS) is 14.8. The summed E-state index contributed by atoms with van der Waals surface area (Å²) in [5.74, 6) is 0.495. The zero-order chi connectivity index (χ0) is 22.7. The molecule has 1 aliphatic carbocycles. The number of nitrogens with one attached hydrogen (secondary N) is 2. The quantitative estimate of drug-likeness (QED) is 0.237. The third-order valence-corrected chi connectivity index (χ3v) is 5.60. The number of benzene rings is 1. The maximum absolute atomic E-state index is 9.12. The Morgan fingerprint density at radius 1 is 1.21 bits per heavy atom. The molecule has 0 radical (unpaired) electrons. The van der Waals surface area contributed by atoms with Crippen molar-refractivity contribution < 1.29 is 0 Å². The van der Waals surface area contributed by atoms with Crippen molar-refractivity contribution in [1.29, 1.82) is 5.26 Å². The number of nitrogens with zero attached hydrogens (tertiary/aromatic N) is 7. The number of hydrogen-bond donors (Lipinski definition) is 2. The molecular formula is C24H27N9. The van der Waals surface area contributed by atoms with E-state index in [4.69, 9.17) is 5.26 Å². The summed E-state index contributed by atoms with van der Waals surface area (Å²) in [6.45, 7) is 0.756. The minimum atomic E-state index is 0.360. The van der Waals surface area contributed by atoms with E-state index in [-0.39, 0.29) is 0 Å². The molecule has 0 aliphatic heterocycles. The van der Waals surface area contributed by atoms with E-state index in [1.165, 1.54) is 12.8 Å². The summed E-state index contributed by atoms with van der Waals surface area (Å²) in [6, 6.07) is 12.5. The van der Waals surface area contributed by atoms with Crippen LogP contribution in [0.4, 0.5) is 5.69 Å². The first-order chi connectivity index (χ1) is 16.3. The molecule has 1 saturated carbocycles. The molecule has 4 rings (SSSR count). The number of nitriles is 1. The number of aryl methyl sites for hydroxylation is 1. The molecule has 0 spiro atoms. The van der Waals surface area contributed by atoms with Crippen LogP contribution in [0.15, 0.2) is 66.2 Å². The Kier molecular flexibility index (Phi) is 7.74. The number of tetrazole rings is 1. The molecule has 1 aliphatic rings. The Labute approximate surface area is 193 Å². The van der Waals surface area contributed by atoms with E-state index in [1.807, 2.05) is 30.6 Å². The molecule has 0 atom stereocenters. The predicted molar refractivity (Wildman–Crippen MR) is 127 cm³/mol. The fraction of sp³-hybridized carbons (Fsp3) is 0.333. The topological polar surface area (TPSA) is 117 Å². The number of aliphatic imine (C=N–C) groups is 1. The fourth-order valence-corrected chi connectivity index (χ4v) is 4.02. The van der Waals surface area contributed by atoms with Crippen LogP contribution in [0.2, 0.25) is 0 Å². The number of aromatic nitrogens is 5. The first-order valence-corrected chi connectivity index (χ1v) is 11.2. The average Bonchev–Trinajstić information content (AvgIpc) is 3.55. The van der Waals surface area contributed by atoms with E-state index in [9.17, 15) is 0 Å². The lowest BCUT2D eigenvalue weighted by Gasteiger charge is -2.17. The third kappa shape index (κ3) is 6.46. The van der Waals surface area contributed by atoms with Crippen molar-refractivity contribution in [2.45, 2.75) is 51.1 Å². The average molecular weight is 442 g/mol. The van der Waals surface area contributed by atoms with Crippen LogP contribution in [0.3, 0.4) is 0 Å². The Hall–Kier alpha value is -4.06. The first kappa shape index (κ1) is 22.1. The number of allylic oxidation sites excluding steroid dienone is 1. The van der Waals surface area contributed by atoms with Crippen LogP contribution in [0.5, 0.6) is 0 Å². The summed E-state index contributed by atoms with van der Waals surface area (Å²) in [6.07, 6.45) is 15.8. The Morgan fingerprint density at radius 2 is 2.09 bits per heavy atom. The summed E-state index contributed by atoms with van der Waals surface area (Å²) in [4.78, 5) is 8.26. The summed E-state index contributed by atoms with van der Waals surface area (Å²) >= 11 is 0. The second-order valence-corrected chi connectivity index (χ2v) is 7.97. The molecule has 1 fully saturated rings. The van der Waals surface area contributed by atoms with E-state index in [1.54, 1.807) is 17.2 Å². The van der Waals surface area contributed by atoms with Crippen molar-refractivity contribution >= 4 is 17.2 Å². The Balaban J connectivity index is 1.51. The van der Waals surface area contributed by atoms with Crippen LogP contribution in [-0.2, 0) is 6.54 Å². The lowest BCUT2D eigenvalue weighted by Crippen LogP contribution is -2.37. The number of unbranched alkanes of at least 4 members (excludes halogenated alkanes) is 1. The molecule has 0 saturated heterocycles. The number of hydrogen-bond acceptors (Lipinski definition) is 6. The molecule has 1 aromatic carbocycles. The third-order valence-electron chi connectivity index (χ3n) is 5.60. The van der Waals surface area contributed by atoms with E-state index in [0.717, 1.165) is 54.6 Å². The second-order valence-electron chi connectivity index (χ2n) is 7.97. The largest absolute Gasteiger partial charge is 0.352 e. The van der Waals surface area contributed by atoms with Crippen molar-refractivity contribution in [2.24, 2.45) is 4.99 Å². The van der Waals surface area contributed by atoms with Gasteiger partial charge in [0.15, 0.2) is 0 Å². The van der Waals surface area contributed by atoms with Gasteiger partial charge in [-0.2, -0.15) is 5.26 Å². The SMILES string of the molecule is N#C/N=C(\Nc1cccc(/C(=C/CCCn2cnnn2)c2cccnc2)c1)NC1CCCC1. The van der Waals surface area contributed by atoms with Crippen LogP contribution < -0.4 is 10.6 Å². The van der Waals surface area contributed by atoms with Gasteiger partial charge in [0.1, 0.15) is 6.33 Å². The summed E-state index contributed by atoms with van der Waals surface area (Å²) in [5, 5.41) is 27.1. The lowest BCUT2D eigenvalue weighted by atomic mass is 9.97. The van der Waals surface area contributed by atoms with Gasteiger partial charge in [0.2, 0.25) is 12.2 Å². The van der Waals surface area contributed by atoms with Gasteiger partial charge >= 0.3 is 0 Å². The van der Waals surface area contributed by atoms with E-state index < -0.39 is 0 Å². The smallest absolute Gasteiger partial charge is 0.211 e. The number of pyridine rings is 1. The van der Waals surface area contributed by atoms with Crippen LogP contribution in [0.25, 0.3) is 5.57 Å². The maximum atomic E-state index is 9.12. The van der Waals surface area contributed by atoms with Gasteiger partial charge in [-0.15, -0.1) is 10.1 Å². The molecule has 2 aromatic heterocycles. The van der Waals surface area contributed by atoms with Crippen LogP contribution in [0, 0.1) is 11.5 Å². The highest BCUT2D eigenvalue weighted by atomic mass is 15.5. The van der Waals surface area contributed by atoms with Crippen molar-refractivity contribution in [3.63, 3.8) is 0 Å². The minimum Gasteiger partial charge on any atom is -0.352 e. The number of anilines is 1. The number of rotatable bonds is 8. The molecule has 9 heteroatoms. The molecule has 0 amide bonds. The highest BCUT2D eigenvalue weighted by molar-refractivity contribution is 5.95. The van der Waals surface area contributed by atoms with Gasteiger partial charge in [0.25, 0.3) is 0 Å². The Morgan fingerprint density at radius 3 is 2.85 bits per heavy atom. The molecule has 2 heterocycles. The monoisotopic (exact) mass is 441 g/mol. The maximum Gasteiger partial charge on any atom is 0.211 e. The van der Waals surface area contributed by atoms with E-state index in [2.05, 4.69) is 60.4 Å². The van der Waals surface area contributed by atoms with Crippen LogP contribution in [-0.4, -0.2) is 37.2 Å². The standard InChI is InChI=1S/C24H27N9/c25-17-27-24(29-21-9-1-2-10-21)30-22-11-5-7-19(15-22)23(20-8-6-13-26-16-20)12-3-4-14-33-18-28-31-32-33/h5-8,11-13,15-16,18,21H,1-4,9-10,14H2,(H2,27,29,30)/b23-12-. The molecule has 0 unspecified atom stereocenters. The van der Waals surface area contributed by atoms with Crippen molar-refractivity contribution in [1.82, 2.24) is 30.5 Å². The lowest BCUT2D eigenvalue weighted by molar-refractivity contribution is 0.563. The molecule has 9 nitrogen and oxygen atoms in total. The first-order valence-electron chi connectivity index (χ1n) is 11.2. The summed E-state index contributed by atoms with van der Waals surface area (Å²) in [7, 11) is 0. The Bertz CT molecular complexity index is 1110. The predicted octanol–water partition coefficient (Wildman–Crippen LogP) is 3.76. The second kappa shape index (κ2) is 11.5. The van der Waals surface area contributed by atoms with Crippen LogP contribution in [0.1, 0.15) is 49.7 Å². The van der Waals surface area contributed by atoms with Gasteiger partial charge in [-0.25, -0.2) is 4.68 Å². The number of guanidine groups is 1. The molecule has 3 aromatic rings. The minimum absolute atomic E-state index is 0.360. The van der Waals surface area contributed by atoms with Gasteiger partial charge in [0.05, 0.1) is 0 Å².